The van der Waals surface area contributed by atoms with Crippen LogP contribution in [0.1, 0.15) is 16.1 Å². The molecule has 0 bridgehead atoms. The van der Waals surface area contributed by atoms with Gasteiger partial charge in [0.1, 0.15) is 5.65 Å². The smallest absolute Gasteiger partial charge is 0.280 e. The zero-order valence-electron chi connectivity index (χ0n) is 13.5. The first kappa shape index (κ1) is 16.7. The number of carbonyl (C=O) groups is 1. The van der Waals surface area contributed by atoms with Crippen molar-refractivity contribution in [3.63, 3.8) is 0 Å². The van der Waals surface area contributed by atoms with E-state index in [1.165, 1.54) is 11.3 Å². The summed E-state index contributed by atoms with van der Waals surface area (Å²) in [4.78, 5) is 24.9. The van der Waals surface area contributed by atoms with Gasteiger partial charge >= 0.3 is 0 Å². The normalized spacial score (nSPS) is 12.0. The van der Waals surface area contributed by atoms with Crippen molar-refractivity contribution in [2.24, 2.45) is 10.7 Å². The van der Waals surface area contributed by atoms with Crippen LogP contribution in [0, 0.1) is 0 Å². The molecule has 0 radical (unpaired) electrons. The molecular weight excluding hydrogens is 370 g/mol. The van der Waals surface area contributed by atoms with E-state index in [2.05, 4.69) is 15.0 Å². The molecule has 3 heterocycles. The number of halogens is 1. The van der Waals surface area contributed by atoms with Gasteiger partial charge in [0.25, 0.3) is 5.91 Å². The molecule has 1 amide bonds. The second kappa shape index (κ2) is 6.87. The summed E-state index contributed by atoms with van der Waals surface area (Å²) in [6, 6.07) is 10.9. The van der Waals surface area contributed by atoms with Crippen LogP contribution in [0.4, 0.5) is 0 Å². The summed E-state index contributed by atoms with van der Waals surface area (Å²) in [6.45, 7) is 0.308. The lowest BCUT2D eigenvalue weighted by Crippen LogP contribution is -2.19. The molecule has 0 fully saturated rings. The lowest BCUT2D eigenvalue weighted by atomic mass is 10.2. The number of nitrogens with two attached hydrogens (primary N) is 1. The number of fused-ring (bicyclic) bond motifs is 1. The highest BCUT2D eigenvalue weighted by atomic mass is 35.5. The second-order valence-corrected chi connectivity index (χ2v) is 6.76. The lowest BCUT2D eigenvalue weighted by Gasteiger charge is -2.09. The molecule has 0 aliphatic rings. The van der Waals surface area contributed by atoms with E-state index in [1.54, 1.807) is 24.5 Å². The van der Waals surface area contributed by atoms with Crippen molar-refractivity contribution in [2.75, 3.05) is 0 Å². The first-order valence-electron chi connectivity index (χ1n) is 7.84. The number of thiazole rings is 1. The van der Waals surface area contributed by atoms with Gasteiger partial charge in [-0.2, -0.15) is 4.99 Å². The average molecular weight is 384 g/mol. The van der Waals surface area contributed by atoms with Crippen LogP contribution < -0.4 is 10.5 Å². The Morgan fingerprint density at radius 3 is 2.96 bits per heavy atom. The summed E-state index contributed by atoms with van der Waals surface area (Å²) >= 11 is 7.69. The first-order valence-corrected chi connectivity index (χ1v) is 9.10. The van der Waals surface area contributed by atoms with E-state index in [-0.39, 0.29) is 5.91 Å². The number of aromatic nitrogens is 3. The molecular formula is C18H14ClN5OS. The SMILES string of the molecule is NCc1csc(=NC(=O)c2ccnc3[nH]ccc23)n1-c1ccccc1Cl. The van der Waals surface area contributed by atoms with Crippen LogP contribution in [0.3, 0.4) is 0 Å². The van der Waals surface area contributed by atoms with Gasteiger partial charge in [0.2, 0.25) is 0 Å². The molecule has 0 atom stereocenters. The fraction of sp³-hybridized carbons (Fsp3) is 0.0556. The highest BCUT2D eigenvalue weighted by Crippen LogP contribution is 2.21. The number of hydrogen-bond donors (Lipinski definition) is 2. The van der Waals surface area contributed by atoms with Crippen molar-refractivity contribution in [1.29, 1.82) is 0 Å². The summed E-state index contributed by atoms with van der Waals surface area (Å²) < 4.78 is 1.82. The minimum absolute atomic E-state index is 0.308. The number of nitrogens with zero attached hydrogens (tertiary/aromatic N) is 3. The molecule has 6 nitrogen and oxygen atoms in total. The maximum atomic E-state index is 12.8. The third kappa shape index (κ3) is 2.86. The molecule has 0 saturated heterocycles. The van der Waals surface area contributed by atoms with E-state index in [0.717, 1.165) is 16.8 Å². The zero-order chi connectivity index (χ0) is 18.1. The van der Waals surface area contributed by atoms with Gasteiger partial charge in [-0.3, -0.25) is 9.36 Å². The number of para-hydroxylation sites is 1. The molecule has 0 unspecified atom stereocenters. The molecule has 3 aromatic heterocycles. The van der Waals surface area contributed by atoms with Gasteiger partial charge in [0.05, 0.1) is 16.3 Å². The Labute approximate surface area is 157 Å². The van der Waals surface area contributed by atoms with Crippen molar-refractivity contribution in [2.45, 2.75) is 6.54 Å². The summed E-state index contributed by atoms with van der Waals surface area (Å²) in [6.07, 6.45) is 3.33. The molecule has 4 aromatic rings. The number of aromatic amines is 1. The predicted octanol–water partition coefficient (Wildman–Crippen LogP) is 3.27. The van der Waals surface area contributed by atoms with Gasteiger partial charge in [-0.1, -0.05) is 23.7 Å². The molecule has 4 rings (SSSR count). The quantitative estimate of drug-likeness (QED) is 0.569. The van der Waals surface area contributed by atoms with Crippen LogP contribution in [0.2, 0.25) is 5.02 Å². The lowest BCUT2D eigenvalue weighted by molar-refractivity contribution is 0.0999. The topological polar surface area (TPSA) is 89.1 Å². The summed E-state index contributed by atoms with van der Waals surface area (Å²) in [5.74, 6) is -0.344. The Bertz CT molecular complexity index is 1170. The van der Waals surface area contributed by atoms with Gasteiger partial charge in [-0.15, -0.1) is 11.3 Å². The number of amides is 1. The predicted molar refractivity (Wildman–Crippen MR) is 103 cm³/mol. The molecule has 0 aliphatic carbocycles. The molecule has 3 N–H and O–H groups in total. The summed E-state index contributed by atoms with van der Waals surface area (Å²) in [7, 11) is 0. The molecule has 0 aliphatic heterocycles. The summed E-state index contributed by atoms with van der Waals surface area (Å²) in [5.41, 5.74) is 8.57. The number of carbonyl (C=O) groups excluding carboxylic acids is 1. The molecule has 0 saturated carbocycles. The van der Waals surface area contributed by atoms with E-state index in [9.17, 15) is 4.79 Å². The minimum atomic E-state index is -0.344. The van der Waals surface area contributed by atoms with Crippen molar-refractivity contribution >= 4 is 39.9 Å². The number of H-pyrrole nitrogens is 1. The number of hydrogen-bond acceptors (Lipinski definition) is 4. The Hall–Kier alpha value is -2.74. The van der Waals surface area contributed by atoms with Gasteiger partial charge < -0.3 is 10.7 Å². The van der Waals surface area contributed by atoms with Gasteiger partial charge in [-0.25, -0.2) is 4.98 Å². The molecule has 1 aromatic carbocycles. The molecule has 26 heavy (non-hydrogen) atoms. The molecule has 130 valence electrons. The third-order valence-electron chi connectivity index (χ3n) is 3.97. The van der Waals surface area contributed by atoms with E-state index >= 15 is 0 Å². The van der Waals surface area contributed by atoms with E-state index in [0.29, 0.717) is 27.6 Å². The van der Waals surface area contributed by atoms with Gasteiger partial charge in [0, 0.05) is 35.4 Å². The van der Waals surface area contributed by atoms with Crippen LogP contribution in [0.15, 0.2) is 59.2 Å². The monoisotopic (exact) mass is 383 g/mol. The maximum Gasteiger partial charge on any atom is 0.280 e. The Morgan fingerprint density at radius 1 is 1.31 bits per heavy atom. The van der Waals surface area contributed by atoms with Crippen LogP contribution in [-0.2, 0) is 6.54 Å². The Balaban J connectivity index is 1.89. The fourth-order valence-corrected chi connectivity index (χ4v) is 3.87. The number of pyridine rings is 1. The van der Waals surface area contributed by atoms with Gasteiger partial charge in [-0.05, 0) is 24.3 Å². The van der Waals surface area contributed by atoms with Crippen LogP contribution in [-0.4, -0.2) is 20.4 Å². The van der Waals surface area contributed by atoms with Crippen LogP contribution >= 0.6 is 22.9 Å². The fourth-order valence-electron chi connectivity index (χ4n) is 2.75. The number of rotatable bonds is 3. The zero-order valence-corrected chi connectivity index (χ0v) is 15.1. The highest BCUT2D eigenvalue weighted by molar-refractivity contribution is 7.07. The largest absolute Gasteiger partial charge is 0.346 e. The first-order chi connectivity index (χ1) is 12.7. The Kier molecular flexibility index (Phi) is 4.42. The number of benzene rings is 1. The van der Waals surface area contributed by atoms with Crippen molar-refractivity contribution in [3.8, 4) is 5.69 Å². The molecule has 8 heteroatoms. The second-order valence-electron chi connectivity index (χ2n) is 5.52. The Morgan fingerprint density at radius 2 is 2.15 bits per heavy atom. The van der Waals surface area contributed by atoms with Crippen molar-refractivity contribution in [1.82, 2.24) is 14.5 Å². The van der Waals surface area contributed by atoms with Crippen molar-refractivity contribution in [3.05, 3.63) is 75.3 Å². The average Bonchev–Trinajstić information content (AvgIpc) is 3.28. The van der Waals surface area contributed by atoms with Gasteiger partial charge in [0.15, 0.2) is 4.80 Å². The third-order valence-corrected chi connectivity index (χ3v) is 5.16. The van der Waals surface area contributed by atoms with Crippen LogP contribution in [0.25, 0.3) is 16.7 Å². The van der Waals surface area contributed by atoms with Crippen LogP contribution in [0.5, 0.6) is 0 Å². The minimum Gasteiger partial charge on any atom is -0.346 e. The van der Waals surface area contributed by atoms with E-state index in [4.69, 9.17) is 17.3 Å². The standard InChI is InChI=1S/C18H14ClN5OS/c19-14-3-1-2-4-15(14)24-11(9-20)10-26-18(24)23-17(25)13-6-8-22-16-12(13)5-7-21-16/h1-8,10H,9,20H2,(H,21,22). The van der Waals surface area contributed by atoms with E-state index in [1.807, 2.05) is 34.2 Å². The van der Waals surface area contributed by atoms with E-state index < -0.39 is 0 Å². The summed E-state index contributed by atoms with van der Waals surface area (Å²) in [5, 5.41) is 3.18. The maximum absolute atomic E-state index is 12.8. The number of nitrogens with one attached hydrogen (secondary N) is 1. The van der Waals surface area contributed by atoms with Crippen molar-refractivity contribution < 1.29 is 4.79 Å². The highest BCUT2D eigenvalue weighted by Gasteiger charge is 2.14. The molecule has 0 spiro atoms.